The van der Waals surface area contributed by atoms with Crippen LogP contribution in [0.4, 0.5) is 5.69 Å². The molecule has 0 aliphatic heterocycles. The Morgan fingerprint density at radius 2 is 1.74 bits per heavy atom. The summed E-state index contributed by atoms with van der Waals surface area (Å²) in [5, 5.41) is 21.1. The van der Waals surface area contributed by atoms with Gasteiger partial charge < -0.3 is 9.47 Å². The first-order valence-electron chi connectivity index (χ1n) is 7.53. The van der Waals surface area contributed by atoms with Gasteiger partial charge in [0.15, 0.2) is 11.5 Å². The van der Waals surface area contributed by atoms with Gasteiger partial charge in [0.05, 0.1) is 17.0 Å². The van der Waals surface area contributed by atoms with Crippen LogP contribution in [0.1, 0.15) is 11.1 Å². The minimum Gasteiger partial charge on any atom is -0.493 e. The molecule has 2 aromatic rings. The van der Waals surface area contributed by atoms with Crippen LogP contribution < -0.4 is 9.47 Å². The maximum Gasteiger partial charge on any atom is 0.336 e. The van der Waals surface area contributed by atoms with Crippen molar-refractivity contribution in [3.8, 4) is 11.5 Å². The van der Waals surface area contributed by atoms with Crippen molar-refractivity contribution in [3.05, 3.63) is 86.1 Å². The predicted molar refractivity (Wildman–Crippen MR) is 96.8 cm³/mol. The van der Waals surface area contributed by atoms with Gasteiger partial charge in [0.25, 0.3) is 5.69 Å². The molecule has 0 radical (unpaired) electrons. The molecule has 0 saturated carbocycles. The summed E-state index contributed by atoms with van der Waals surface area (Å²) in [6.45, 7) is 0. The minimum atomic E-state index is -0.714. The van der Waals surface area contributed by atoms with Gasteiger partial charge in [-0.1, -0.05) is 18.2 Å². The fraction of sp³-hybridized carbons (Fsp3) is 0.0556. The van der Waals surface area contributed by atoms with Crippen molar-refractivity contribution in [3.63, 3.8) is 0 Å². The first-order chi connectivity index (χ1) is 12.9. The lowest BCUT2D eigenvalue weighted by Gasteiger charge is -2.08. The number of methoxy groups -OCH3 is 1. The number of hydrogen-bond acceptors (Lipinski definition) is 7. The zero-order valence-electron chi connectivity index (χ0n) is 14.1. The third-order valence-electron chi connectivity index (χ3n) is 3.28. The topological polar surface area (TPSA) is 122 Å². The van der Waals surface area contributed by atoms with Crippen LogP contribution in [-0.2, 0) is 4.79 Å². The smallest absolute Gasteiger partial charge is 0.336 e. The van der Waals surface area contributed by atoms with E-state index in [-0.39, 0.29) is 17.2 Å². The summed E-state index contributed by atoms with van der Waals surface area (Å²) >= 11 is 0. The van der Waals surface area contributed by atoms with Gasteiger partial charge in [-0.15, -0.1) is 0 Å². The fourth-order valence-electron chi connectivity index (χ4n) is 2.07. The monoisotopic (exact) mass is 370 g/mol. The van der Waals surface area contributed by atoms with E-state index in [1.165, 1.54) is 55.7 Å². The highest BCUT2D eigenvalue weighted by atomic mass is 16.6. The number of rotatable bonds is 7. The van der Waals surface area contributed by atoms with Crippen LogP contribution >= 0.6 is 0 Å². The largest absolute Gasteiger partial charge is 0.493 e. The summed E-state index contributed by atoms with van der Waals surface area (Å²) in [6, 6.07) is 10.2. The average molecular weight is 370 g/mol. The van der Waals surface area contributed by atoms with Crippen LogP contribution in [0.2, 0.25) is 0 Å². The predicted octanol–water partition coefficient (Wildman–Crippen LogP) is 3.47. The van der Waals surface area contributed by atoms with Gasteiger partial charge in [0.1, 0.15) is 0 Å². The van der Waals surface area contributed by atoms with Gasteiger partial charge in [0.2, 0.25) is 6.20 Å². The standard InChI is InChI=1S/C18H14N2O7/c1-26-17-12-14(9-10-19(22)23)5-7-16(17)27-18(21)8-6-13-3-2-4-15(11-13)20(24)25/h2-12H,1H3/b8-6+,10-9+. The molecular weight excluding hydrogens is 356 g/mol. The quantitative estimate of drug-likeness (QED) is 0.240. The van der Waals surface area contributed by atoms with E-state index >= 15 is 0 Å². The van der Waals surface area contributed by atoms with Gasteiger partial charge >= 0.3 is 5.97 Å². The third kappa shape index (κ3) is 5.78. The second-order valence-corrected chi connectivity index (χ2v) is 5.12. The summed E-state index contributed by atoms with van der Waals surface area (Å²) < 4.78 is 10.3. The Labute approximate surface area is 153 Å². The molecule has 0 bridgehead atoms. The highest BCUT2D eigenvalue weighted by molar-refractivity contribution is 5.89. The van der Waals surface area contributed by atoms with E-state index in [1.54, 1.807) is 6.07 Å². The molecule has 9 nitrogen and oxygen atoms in total. The van der Waals surface area contributed by atoms with Gasteiger partial charge in [0, 0.05) is 24.3 Å². The molecule has 0 fully saturated rings. The van der Waals surface area contributed by atoms with Gasteiger partial charge in [-0.05, 0) is 29.3 Å². The molecule has 9 heteroatoms. The van der Waals surface area contributed by atoms with Crippen molar-refractivity contribution in [2.75, 3.05) is 7.11 Å². The highest BCUT2D eigenvalue weighted by Crippen LogP contribution is 2.29. The van der Waals surface area contributed by atoms with Gasteiger partial charge in [-0.3, -0.25) is 20.2 Å². The molecule has 2 aromatic carbocycles. The van der Waals surface area contributed by atoms with Crippen LogP contribution in [0.15, 0.2) is 54.7 Å². The molecular formula is C18H14N2O7. The van der Waals surface area contributed by atoms with E-state index in [1.807, 2.05) is 0 Å². The Morgan fingerprint density at radius 3 is 2.41 bits per heavy atom. The molecule has 0 aromatic heterocycles. The van der Waals surface area contributed by atoms with Crippen molar-refractivity contribution >= 4 is 23.8 Å². The molecule has 2 rings (SSSR count). The molecule has 0 spiro atoms. The van der Waals surface area contributed by atoms with Crippen molar-refractivity contribution in [1.29, 1.82) is 0 Å². The maximum absolute atomic E-state index is 12.0. The third-order valence-corrected chi connectivity index (χ3v) is 3.28. The van der Waals surface area contributed by atoms with E-state index in [0.29, 0.717) is 11.1 Å². The lowest BCUT2D eigenvalue weighted by molar-refractivity contribution is -0.400. The summed E-state index contributed by atoms with van der Waals surface area (Å²) in [6.07, 6.45) is 4.56. The van der Waals surface area contributed by atoms with Crippen LogP contribution in [0.25, 0.3) is 12.2 Å². The minimum absolute atomic E-state index is 0.0921. The van der Waals surface area contributed by atoms with Crippen LogP contribution in [-0.4, -0.2) is 22.9 Å². The summed E-state index contributed by atoms with van der Waals surface area (Å²) in [5.74, 6) is -0.365. The van der Waals surface area contributed by atoms with Crippen LogP contribution in [0.3, 0.4) is 0 Å². The highest BCUT2D eigenvalue weighted by Gasteiger charge is 2.09. The molecule has 138 valence electrons. The molecule has 27 heavy (non-hydrogen) atoms. The van der Waals surface area contributed by atoms with Crippen molar-refractivity contribution in [2.24, 2.45) is 0 Å². The van der Waals surface area contributed by atoms with Crippen LogP contribution in [0.5, 0.6) is 11.5 Å². The lowest BCUT2D eigenvalue weighted by atomic mass is 10.2. The van der Waals surface area contributed by atoms with Crippen molar-refractivity contribution in [1.82, 2.24) is 0 Å². The fourth-order valence-corrected chi connectivity index (χ4v) is 2.07. The number of nitro benzene ring substituents is 1. The summed E-state index contributed by atoms with van der Waals surface area (Å²) in [5.41, 5.74) is 0.870. The number of carbonyl (C=O) groups is 1. The summed E-state index contributed by atoms with van der Waals surface area (Å²) in [4.78, 5) is 31.9. The molecule has 0 amide bonds. The van der Waals surface area contributed by atoms with E-state index in [2.05, 4.69) is 0 Å². The molecule has 0 N–H and O–H groups in total. The normalized spacial score (nSPS) is 10.9. The lowest BCUT2D eigenvalue weighted by Crippen LogP contribution is -2.05. The molecule has 0 heterocycles. The SMILES string of the molecule is COc1cc(/C=C/[N+](=O)[O-])ccc1OC(=O)/C=C/c1cccc([N+](=O)[O-])c1. The van der Waals surface area contributed by atoms with Gasteiger partial charge in [-0.25, -0.2) is 4.79 Å². The zero-order valence-corrected chi connectivity index (χ0v) is 14.1. The van der Waals surface area contributed by atoms with E-state index in [4.69, 9.17) is 9.47 Å². The molecule has 0 aliphatic rings. The second kappa shape index (κ2) is 8.90. The maximum atomic E-state index is 12.0. The number of esters is 1. The first-order valence-corrected chi connectivity index (χ1v) is 7.53. The van der Waals surface area contributed by atoms with E-state index in [9.17, 15) is 25.0 Å². The number of non-ortho nitro benzene ring substituents is 1. The molecule has 0 aliphatic carbocycles. The number of carbonyl (C=O) groups excluding carboxylic acids is 1. The second-order valence-electron chi connectivity index (χ2n) is 5.12. The Morgan fingerprint density at radius 1 is 1.00 bits per heavy atom. The zero-order chi connectivity index (χ0) is 19.8. The number of ether oxygens (including phenoxy) is 2. The first kappa shape index (κ1) is 19.3. The number of nitrogens with zero attached hydrogens (tertiary/aromatic N) is 2. The molecule has 0 unspecified atom stereocenters. The Balaban J connectivity index is 2.12. The number of benzene rings is 2. The Hall–Kier alpha value is -4.01. The van der Waals surface area contributed by atoms with Gasteiger partial charge in [-0.2, -0.15) is 0 Å². The molecule has 0 atom stereocenters. The van der Waals surface area contributed by atoms with E-state index in [0.717, 1.165) is 12.3 Å². The summed E-state index contributed by atoms with van der Waals surface area (Å²) in [7, 11) is 1.37. The Bertz CT molecular complexity index is 935. The van der Waals surface area contributed by atoms with Crippen LogP contribution in [0, 0.1) is 20.2 Å². The van der Waals surface area contributed by atoms with Crippen molar-refractivity contribution in [2.45, 2.75) is 0 Å². The molecule has 0 saturated heterocycles. The van der Waals surface area contributed by atoms with E-state index < -0.39 is 15.8 Å². The number of hydrogen-bond donors (Lipinski definition) is 0. The number of nitro groups is 2. The average Bonchev–Trinajstić information content (AvgIpc) is 2.65. The Kier molecular flexibility index (Phi) is 6.37. The van der Waals surface area contributed by atoms with Crippen molar-refractivity contribution < 1.29 is 24.1 Å².